The third-order valence-corrected chi connectivity index (χ3v) is 2.15. The molecule has 0 N–H and O–H groups in total. The summed E-state index contributed by atoms with van der Waals surface area (Å²) in [5.74, 6) is 0. The van der Waals surface area contributed by atoms with Crippen molar-refractivity contribution in [2.24, 2.45) is 0 Å². The second-order valence-electron chi connectivity index (χ2n) is 4.09. The largest absolute Gasteiger partial charge is 0.346 e. The van der Waals surface area contributed by atoms with Gasteiger partial charge in [-0.25, -0.2) is 4.98 Å². The van der Waals surface area contributed by atoms with E-state index in [-0.39, 0.29) is 12.2 Å². The number of halogens is 1. The van der Waals surface area contributed by atoms with Gasteiger partial charge < -0.3 is 9.47 Å². The van der Waals surface area contributed by atoms with Crippen molar-refractivity contribution in [3.05, 3.63) is 29.0 Å². The maximum absolute atomic E-state index is 6.01. The molecule has 90 valence electrons. The van der Waals surface area contributed by atoms with Gasteiger partial charge in [0.25, 0.3) is 0 Å². The summed E-state index contributed by atoms with van der Waals surface area (Å²) < 4.78 is 11.4. The number of hydrogen-bond donors (Lipinski definition) is 0. The van der Waals surface area contributed by atoms with Crippen molar-refractivity contribution in [2.45, 2.75) is 46.2 Å². The zero-order valence-corrected chi connectivity index (χ0v) is 10.9. The van der Waals surface area contributed by atoms with Gasteiger partial charge in [0.15, 0.2) is 6.29 Å². The van der Waals surface area contributed by atoms with Crippen LogP contribution in [0.25, 0.3) is 0 Å². The molecule has 0 aliphatic heterocycles. The zero-order valence-electron chi connectivity index (χ0n) is 10.1. The molecule has 0 aliphatic carbocycles. The lowest BCUT2D eigenvalue weighted by molar-refractivity contribution is -0.185. The maximum Gasteiger partial charge on any atom is 0.187 e. The Hall–Kier alpha value is -0.640. The number of rotatable bonds is 5. The van der Waals surface area contributed by atoms with Gasteiger partial charge in [-0.15, -0.1) is 0 Å². The molecule has 1 heterocycles. The standard InChI is InChI=1S/C12H18ClNO2/c1-8(2)15-12(16-9(3)4)10-6-5-7-14-11(10)13/h5-9,12H,1-4H3. The highest BCUT2D eigenvalue weighted by molar-refractivity contribution is 6.30. The number of hydrogen-bond acceptors (Lipinski definition) is 3. The van der Waals surface area contributed by atoms with Gasteiger partial charge in [0.05, 0.1) is 12.2 Å². The molecule has 0 aliphatic rings. The Bertz CT molecular complexity index is 319. The Morgan fingerprint density at radius 3 is 2.12 bits per heavy atom. The van der Waals surface area contributed by atoms with Crippen LogP contribution in [0.1, 0.15) is 39.5 Å². The quantitative estimate of drug-likeness (QED) is 0.585. The molecule has 0 aromatic carbocycles. The highest BCUT2D eigenvalue weighted by Crippen LogP contribution is 2.27. The lowest BCUT2D eigenvalue weighted by atomic mass is 10.2. The Labute approximate surface area is 102 Å². The first-order valence-corrected chi connectivity index (χ1v) is 5.79. The molecule has 1 aromatic rings. The van der Waals surface area contributed by atoms with Crippen LogP contribution in [0.5, 0.6) is 0 Å². The van der Waals surface area contributed by atoms with Gasteiger partial charge in [0.2, 0.25) is 0 Å². The van der Waals surface area contributed by atoms with E-state index >= 15 is 0 Å². The van der Waals surface area contributed by atoms with E-state index in [1.165, 1.54) is 0 Å². The normalized spacial score (nSPS) is 11.8. The minimum Gasteiger partial charge on any atom is -0.346 e. The molecule has 0 saturated heterocycles. The molecule has 0 saturated carbocycles. The molecule has 4 heteroatoms. The van der Waals surface area contributed by atoms with E-state index < -0.39 is 6.29 Å². The summed E-state index contributed by atoms with van der Waals surface area (Å²) in [4.78, 5) is 4.02. The monoisotopic (exact) mass is 243 g/mol. The molecule has 1 aromatic heterocycles. The summed E-state index contributed by atoms with van der Waals surface area (Å²) in [7, 11) is 0. The van der Waals surface area contributed by atoms with E-state index in [0.717, 1.165) is 5.56 Å². The van der Waals surface area contributed by atoms with Crippen LogP contribution in [0.15, 0.2) is 18.3 Å². The van der Waals surface area contributed by atoms with E-state index in [9.17, 15) is 0 Å². The predicted octanol–water partition coefficient (Wildman–Crippen LogP) is 3.58. The van der Waals surface area contributed by atoms with Crippen LogP contribution in [0.2, 0.25) is 5.15 Å². The fraction of sp³-hybridized carbons (Fsp3) is 0.583. The van der Waals surface area contributed by atoms with Crippen molar-refractivity contribution in [1.82, 2.24) is 4.98 Å². The van der Waals surface area contributed by atoms with Crippen molar-refractivity contribution in [3.63, 3.8) is 0 Å². The molecule has 0 atom stereocenters. The van der Waals surface area contributed by atoms with Crippen LogP contribution in [0, 0.1) is 0 Å². The summed E-state index contributed by atoms with van der Waals surface area (Å²) in [6.07, 6.45) is 1.33. The molecule has 0 unspecified atom stereocenters. The fourth-order valence-corrected chi connectivity index (χ4v) is 1.46. The topological polar surface area (TPSA) is 31.4 Å². The van der Waals surface area contributed by atoms with Gasteiger partial charge >= 0.3 is 0 Å². The zero-order chi connectivity index (χ0) is 12.1. The SMILES string of the molecule is CC(C)OC(OC(C)C)c1cccnc1Cl. The first kappa shape index (κ1) is 13.4. The molecule has 0 amide bonds. The Morgan fingerprint density at radius 1 is 1.12 bits per heavy atom. The number of aromatic nitrogens is 1. The van der Waals surface area contributed by atoms with E-state index in [0.29, 0.717) is 5.15 Å². The van der Waals surface area contributed by atoms with E-state index in [4.69, 9.17) is 21.1 Å². The Balaban J connectivity index is 2.87. The van der Waals surface area contributed by atoms with Gasteiger partial charge in [-0.3, -0.25) is 0 Å². The second kappa shape index (κ2) is 6.18. The summed E-state index contributed by atoms with van der Waals surface area (Å²) in [5, 5.41) is 0.425. The van der Waals surface area contributed by atoms with Gasteiger partial charge in [-0.1, -0.05) is 11.6 Å². The first-order valence-electron chi connectivity index (χ1n) is 5.42. The van der Waals surface area contributed by atoms with Crippen LogP contribution in [-0.2, 0) is 9.47 Å². The van der Waals surface area contributed by atoms with E-state index in [2.05, 4.69) is 4.98 Å². The van der Waals surface area contributed by atoms with E-state index in [1.807, 2.05) is 39.8 Å². The van der Waals surface area contributed by atoms with Crippen molar-refractivity contribution in [1.29, 1.82) is 0 Å². The average molecular weight is 244 g/mol. The summed E-state index contributed by atoms with van der Waals surface area (Å²) in [5.41, 5.74) is 0.770. The predicted molar refractivity (Wildman–Crippen MR) is 64.4 cm³/mol. The number of pyridine rings is 1. The van der Waals surface area contributed by atoms with Gasteiger partial charge in [-0.2, -0.15) is 0 Å². The van der Waals surface area contributed by atoms with Crippen LogP contribution >= 0.6 is 11.6 Å². The average Bonchev–Trinajstić information content (AvgIpc) is 2.15. The third-order valence-electron chi connectivity index (χ3n) is 1.83. The first-order chi connectivity index (χ1) is 7.50. The van der Waals surface area contributed by atoms with Gasteiger partial charge in [0, 0.05) is 11.8 Å². The summed E-state index contributed by atoms with van der Waals surface area (Å²) in [6, 6.07) is 3.69. The molecule has 3 nitrogen and oxygen atoms in total. The highest BCUT2D eigenvalue weighted by Gasteiger charge is 2.19. The van der Waals surface area contributed by atoms with Crippen LogP contribution in [0.3, 0.4) is 0 Å². The molecular weight excluding hydrogens is 226 g/mol. The minimum atomic E-state index is -0.457. The lowest BCUT2D eigenvalue weighted by Gasteiger charge is -2.23. The molecule has 0 radical (unpaired) electrons. The van der Waals surface area contributed by atoms with Gasteiger partial charge in [-0.05, 0) is 39.8 Å². The third kappa shape index (κ3) is 4.08. The number of nitrogens with zero attached hydrogens (tertiary/aromatic N) is 1. The maximum atomic E-state index is 6.01. The minimum absolute atomic E-state index is 0.0695. The lowest BCUT2D eigenvalue weighted by Crippen LogP contribution is -2.18. The Morgan fingerprint density at radius 2 is 1.69 bits per heavy atom. The molecule has 0 bridgehead atoms. The Kier molecular flexibility index (Phi) is 5.19. The van der Waals surface area contributed by atoms with Crippen molar-refractivity contribution in [2.75, 3.05) is 0 Å². The molecule has 16 heavy (non-hydrogen) atoms. The smallest absolute Gasteiger partial charge is 0.187 e. The summed E-state index contributed by atoms with van der Waals surface area (Å²) >= 11 is 6.01. The van der Waals surface area contributed by atoms with E-state index in [1.54, 1.807) is 6.20 Å². The molecule has 0 spiro atoms. The molecule has 1 rings (SSSR count). The second-order valence-corrected chi connectivity index (χ2v) is 4.44. The van der Waals surface area contributed by atoms with Gasteiger partial charge in [0.1, 0.15) is 5.15 Å². The van der Waals surface area contributed by atoms with Crippen LogP contribution in [0.4, 0.5) is 0 Å². The molecular formula is C12H18ClNO2. The number of ether oxygens (including phenoxy) is 2. The van der Waals surface area contributed by atoms with Crippen LogP contribution in [-0.4, -0.2) is 17.2 Å². The molecule has 0 fully saturated rings. The highest BCUT2D eigenvalue weighted by atomic mass is 35.5. The van der Waals surface area contributed by atoms with Crippen molar-refractivity contribution < 1.29 is 9.47 Å². The van der Waals surface area contributed by atoms with Crippen molar-refractivity contribution >= 4 is 11.6 Å². The fourth-order valence-electron chi connectivity index (χ4n) is 1.25. The van der Waals surface area contributed by atoms with Crippen LogP contribution < -0.4 is 0 Å². The van der Waals surface area contributed by atoms with Crippen molar-refractivity contribution in [3.8, 4) is 0 Å². The summed E-state index contributed by atoms with van der Waals surface area (Å²) in [6.45, 7) is 7.84.